The van der Waals surface area contributed by atoms with Gasteiger partial charge >= 0.3 is 18.0 Å². The second-order valence-electron chi connectivity index (χ2n) is 4.91. The number of rotatable bonds is 10. The molecule has 148 valence electrons. The van der Waals surface area contributed by atoms with E-state index >= 15 is 0 Å². The number of ether oxygens (including phenoxy) is 3. The second kappa shape index (κ2) is 13.1. The van der Waals surface area contributed by atoms with E-state index in [1.165, 1.54) is 5.41 Å². The molecule has 0 fully saturated rings. The van der Waals surface area contributed by atoms with Crippen molar-refractivity contribution in [3.8, 4) is 0 Å². The van der Waals surface area contributed by atoms with Gasteiger partial charge in [0.25, 0.3) is 0 Å². The highest BCUT2D eigenvalue weighted by Crippen LogP contribution is 2.13. The quantitative estimate of drug-likeness (QED) is 0.151. The minimum absolute atomic E-state index is 0.0900. The Morgan fingerprint density at radius 1 is 1.11 bits per heavy atom. The Morgan fingerprint density at radius 2 is 1.78 bits per heavy atom. The number of carbonyl (C=O) groups excluding carboxylic acids is 3. The molecule has 0 saturated heterocycles. The summed E-state index contributed by atoms with van der Waals surface area (Å²) in [7, 11) is 0. The Labute approximate surface area is 167 Å². The zero-order valence-corrected chi connectivity index (χ0v) is 16.8. The van der Waals surface area contributed by atoms with Crippen molar-refractivity contribution < 1.29 is 28.6 Å². The van der Waals surface area contributed by atoms with E-state index < -0.39 is 18.0 Å². The summed E-state index contributed by atoms with van der Waals surface area (Å²) in [6.07, 6.45) is -0.974. The van der Waals surface area contributed by atoms with Crippen LogP contribution >= 0.6 is 24.8 Å². The molecule has 0 spiro atoms. The molecule has 10 heteroatoms. The topological polar surface area (TPSA) is 94.2 Å². The van der Waals surface area contributed by atoms with Gasteiger partial charge in [0, 0.05) is 0 Å². The molecule has 0 aromatic heterocycles. The van der Waals surface area contributed by atoms with Gasteiger partial charge in [0.1, 0.15) is 6.61 Å². The standard InChI is InChI=1S/C17H22N2O6S2/c1-3-23-15(20)10-14(16(21)24-4-2)12-27-18-19(26)17(22)25-11-13-8-6-5-7-9-13/h5-9,12,18,26H,3-4,10-11H2,1-2H3/b14-12+. The van der Waals surface area contributed by atoms with E-state index in [0.29, 0.717) is 0 Å². The third-order valence-corrected chi connectivity index (χ3v) is 3.99. The first-order chi connectivity index (χ1) is 13.0. The monoisotopic (exact) mass is 414 g/mol. The summed E-state index contributed by atoms with van der Waals surface area (Å²) in [4.78, 5) is 37.9. The fourth-order valence-corrected chi connectivity index (χ4v) is 2.47. The van der Waals surface area contributed by atoms with Crippen LogP contribution in [0.3, 0.4) is 0 Å². The number of nitrogens with one attached hydrogen (secondary N) is 1. The van der Waals surface area contributed by atoms with Gasteiger partial charge in [-0.1, -0.05) is 30.3 Å². The number of carbonyl (C=O) groups is 3. The van der Waals surface area contributed by atoms with Gasteiger partial charge in [-0.25, -0.2) is 9.59 Å². The van der Waals surface area contributed by atoms with Crippen LogP contribution in [0.25, 0.3) is 0 Å². The Bertz CT molecular complexity index is 654. The van der Waals surface area contributed by atoms with E-state index in [4.69, 9.17) is 14.2 Å². The predicted molar refractivity (Wildman–Crippen MR) is 104 cm³/mol. The maximum Gasteiger partial charge on any atom is 0.435 e. The summed E-state index contributed by atoms with van der Waals surface area (Å²) in [5.74, 6) is -1.19. The number of amides is 1. The molecule has 1 amide bonds. The molecular weight excluding hydrogens is 392 g/mol. The lowest BCUT2D eigenvalue weighted by Gasteiger charge is -2.15. The van der Waals surface area contributed by atoms with Crippen LogP contribution in [0.4, 0.5) is 4.79 Å². The maximum atomic E-state index is 11.9. The zero-order valence-electron chi connectivity index (χ0n) is 15.0. The number of hydrazine groups is 1. The van der Waals surface area contributed by atoms with Crippen molar-refractivity contribution in [2.45, 2.75) is 26.9 Å². The molecule has 8 nitrogen and oxygen atoms in total. The van der Waals surface area contributed by atoms with Gasteiger partial charge in [-0.05, 0) is 49.6 Å². The molecule has 0 radical (unpaired) electrons. The minimum atomic E-state index is -0.730. The van der Waals surface area contributed by atoms with E-state index in [2.05, 4.69) is 17.6 Å². The highest BCUT2D eigenvalue weighted by Gasteiger charge is 2.17. The molecule has 0 bridgehead atoms. The Balaban J connectivity index is 2.53. The fraction of sp³-hybridized carbons (Fsp3) is 0.353. The molecule has 27 heavy (non-hydrogen) atoms. The Morgan fingerprint density at radius 3 is 2.41 bits per heavy atom. The summed E-state index contributed by atoms with van der Waals surface area (Å²) < 4.78 is 15.6. The van der Waals surface area contributed by atoms with Crippen molar-refractivity contribution >= 4 is 42.8 Å². The zero-order chi connectivity index (χ0) is 20.1. The van der Waals surface area contributed by atoms with Crippen molar-refractivity contribution in [2.24, 2.45) is 0 Å². The van der Waals surface area contributed by atoms with Crippen LogP contribution in [-0.2, 0) is 30.4 Å². The number of hydrogen-bond donors (Lipinski definition) is 2. The van der Waals surface area contributed by atoms with Gasteiger partial charge < -0.3 is 14.2 Å². The van der Waals surface area contributed by atoms with E-state index in [1.54, 1.807) is 13.8 Å². The third-order valence-electron chi connectivity index (χ3n) is 2.90. The summed E-state index contributed by atoms with van der Waals surface area (Å²) in [5, 5.41) is 1.35. The van der Waals surface area contributed by atoms with Crippen molar-refractivity contribution in [1.29, 1.82) is 0 Å². The van der Waals surface area contributed by atoms with Crippen LogP contribution in [0, 0.1) is 0 Å². The van der Waals surface area contributed by atoms with Gasteiger partial charge in [-0.15, -0.1) is 0 Å². The van der Waals surface area contributed by atoms with Gasteiger partial charge in [0.05, 0.1) is 25.2 Å². The molecule has 0 unspecified atom stereocenters. The molecule has 1 N–H and O–H groups in total. The Hall–Kier alpha value is -2.17. The molecule has 1 rings (SSSR count). The van der Waals surface area contributed by atoms with Crippen molar-refractivity contribution in [2.75, 3.05) is 13.2 Å². The smallest absolute Gasteiger partial charge is 0.435 e. The lowest BCUT2D eigenvalue weighted by atomic mass is 10.2. The molecule has 0 aliphatic rings. The van der Waals surface area contributed by atoms with Crippen LogP contribution in [0.5, 0.6) is 0 Å². The first-order valence-corrected chi connectivity index (χ1v) is 9.38. The average molecular weight is 415 g/mol. The van der Waals surface area contributed by atoms with Crippen molar-refractivity contribution in [3.63, 3.8) is 0 Å². The number of benzene rings is 1. The van der Waals surface area contributed by atoms with E-state index in [9.17, 15) is 14.4 Å². The fourth-order valence-electron chi connectivity index (χ4n) is 1.72. The van der Waals surface area contributed by atoms with Gasteiger partial charge in [-0.2, -0.15) is 9.25 Å². The normalized spacial score (nSPS) is 10.9. The second-order valence-corrected chi connectivity index (χ2v) is 5.96. The van der Waals surface area contributed by atoms with Crippen LogP contribution in [0.15, 0.2) is 41.3 Å². The summed E-state index contributed by atoms with van der Waals surface area (Å²) in [5.41, 5.74) is 0.923. The summed E-state index contributed by atoms with van der Waals surface area (Å²) in [6, 6.07) is 9.17. The lowest BCUT2D eigenvalue weighted by Crippen LogP contribution is -2.30. The van der Waals surface area contributed by atoms with Crippen molar-refractivity contribution in [3.05, 3.63) is 46.9 Å². The molecule has 0 saturated carbocycles. The van der Waals surface area contributed by atoms with Crippen LogP contribution in [-0.4, -0.2) is 35.7 Å². The van der Waals surface area contributed by atoms with Crippen molar-refractivity contribution in [1.82, 2.24) is 9.25 Å². The van der Waals surface area contributed by atoms with Gasteiger partial charge in [0.15, 0.2) is 0 Å². The number of hydrogen-bond acceptors (Lipinski definition) is 9. The first kappa shape index (κ1) is 22.9. The molecule has 0 aliphatic carbocycles. The predicted octanol–water partition coefficient (Wildman–Crippen LogP) is 3.02. The summed E-state index contributed by atoms with van der Waals surface area (Å²) >= 11 is 4.82. The highest BCUT2D eigenvalue weighted by atomic mass is 32.2. The maximum absolute atomic E-state index is 11.9. The molecular formula is C17H22N2O6S2. The first-order valence-electron chi connectivity index (χ1n) is 8.10. The highest BCUT2D eigenvalue weighted by molar-refractivity contribution is 8.00. The molecule has 0 heterocycles. The lowest BCUT2D eigenvalue weighted by molar-refractivity contribution is -0.145. The van der Waals surface area contributed by atoms with Crippen LogP contribution < -0.4 is 4.83 Å². The van der Waals surface area contributed by atoms with Crippen LogP contribution in [0.1, 0.15) is 25.8 Å². The Kier molecular flexibility index (Phi) is 11.1. The van der Waals surface area contributed by atoms with Crippen LogP contribution in [0.2, 0.25) is 0 Å². The number of esters is 2. The molecule has 0 atom stereocenters. The molecule has 1 aromatic carbocycles. The summed E-state index contributed by atoms with van der Waals surface area (Å²) in [6.45, 7) is 3.79. The van der Waals surface area contributed by atoms with E-state index in [1.807, 2.05) is 30.3 Å². The number of thiol groups is 1. The van der Waals surface area contributed by atoms with Gasteiger partial charge in [-0.3, -0.25) is 4.79 Å². The molecule has 1 aromatic rings. The minimum Gasteiger partial charge on any atom is -0.466 e. The average Bonchev–Trinajstić information content (AvgIpc) is 2.66. The van der Waals surface area contributed by atoms with Gasteiger partial charge in [0.2, 0.25) is 0 Å². The third kappa shape index (κ3) is 9.36. The van der Waals surface area contributed by atoms with E-state index in [0.717, 1.165) is 21.9 Å². The number of nitrogens with zero attached hydrogens (tertiary/aromatic N) is 1. The molecule has 0 aliphatic heterocycles. The largest absolute Gasteiger partial charge is 0.466 e. The SMILES string of the molecule is CCOC(=O)C/C(=C\SNN(S)C(=O)OCc1ccccc1)C(=O)OCC. The van der Waals surface area contributed by atoms with E-state index in [-0.39, 0.29) is 31.8 Å².